The number of amides is 1. The highest BCUT2D eigenvalue weighted by molar-refractivity contribution is 5.80. The molecule has 1 aliphatic heterocycles. The molecule has 0 aromatic carbocycles. The fraction of sp³-hybridized carbons (Fsp3) is 0.750. The summed E-state index contributed by atoms with van der Waals surface area (Å²) in [6.07, 6.45) is 5.21. The Balaban J connectivity index is 1.40. The maximum Gasteiger partial charge on any atom is 0.408 e. The monoisotopic (exact) mass is 396 g/mol. The third-order valence-corrected chi connectivity index (χ3v) is 6.70. The van der Waals surface area contributed by atoms with Crippen molar-refractivity contribution in [2.75, 3.05) is 5.32 Å². The van der Waals surface area contributed by atoms with Gasteiger partial charge in [0.2, 0.25) is 11.9 Å². The van der Waals surface area contributed by atoms with E-state index in [1.54, 1.807) is 18.5 Å². The average Bonchev–Trinajstić information content (AvgIpc) is 3.09. The van der Waals surface area contributed by atoms with Gasteiger partial charge in [-0.3, -0.25) is 4.79 Å². The number of hydrogen-bond donors (Lipinski definition) is 1. The summed E-state index contributed by atoms with van der Waals surface area (Å²) in [5.74, 6) is -0.0111. The molecule has 1 N–H and O–H groups in total. The van der Waals surface area contributed by atoms with Crippen molar-refractivity contribution < 1.29 is 18.0 Å². The predicted molar refractivity (Wildman–Crippen MR) is 98.5 cm³/mol. The summed E-state index contributed by atoms with van der Waals surface area (Å²) >= 11 is 0. The lowest BCUT2D eigenvalue weighted by Gasteiger charge is -2.38. The van der Waals surface area contributed by atoms with Crippen LogP contribution in [0.3, 0.4) is 0 Å². The minimum atomic E-state index is -4.34. The zero-order valence-corrected chi connectivity index (χ0v) is 15.9. The minimum absolute atomic E-state index is 0.0116. The third-order valence-electron chi connectivity index (χ3n) is 6.70. The number of fused-ring (bicyclic) bond motifs is 1. The van der Waals surface area contributed by atoms with Gasteiger partial charge in [-0.2, -0.15) is 13.2 Å². The Labute approximate surface area is 163 Å². The van der Waals surface area contributed by atoms with Gasteiger partial charge in [-0.1, -0.05) is 12.8 Å². The summed E-state index contributed by atoms with van der Waals surface area (Å²) < 4.78 is 41.0. The van der Waals surface area contributed by atoms with E-state index in [4.69, 9.17) is 0 Å². The number of hydrogen-bond acceptors (Lipinski definition) is 4. The standard InChI is InChI=1S/C20H27F3N4O/c21-20(22,23)17-12-14-4-1-2-5-16(14)27(17)18(28)13-6-8-15(9-7-13)26-19-24-10-3-11-25-19/h3,10-11,13-17H,1-2,4-9,12H2,(H,24,25,26)/t13?,14-,15?,16-,17-/m0/s1. The maximum absolute atomic E-state index is 13.7. The van der Waals surface area contributed by atoms with Crippen LogP contribution in [0.25, 0.3) is 0 Å². The van der Waals surface area contributed by atoms with Gasteiger partial charge in [-0.15, -0.1) is 0 Å². The number of alkyl halides is 3. The lowest BCUT2D eigenvalue weighted by molar-refractivity contribution is -0.188. The van der Waals surface area contributed by atoms with E-state index >= 15 is 0 Å². The van der Waals surface area contributed by atoms with Gasteiger partial charge in [0.15, 0.2) is 0 Å². The maximum atomic E-state index is 13.7. The Kier molecular flexibility index (Phi) is 5.47. The zero-order valence-electron chi connectivity index (χ0n) is 15.9. The van der Waals surface area contributed by atoms with E-state index in [2.05, 4.69) is 15.3 Å². The van der Waals surface area contributed by atoms with Crippen molar-refractivity contribution in [2.45, 2.75) is 82.1 Å². The van der Waals surface area contributed by atoms with Crippen LogP contribution in [0.1, 0.15) is 57.8 Å². The molecule has 1 aromatic heterocycles. The van der Waals surface area contributed by atoms with Crippen LogP contribution < -0.4 is 5.32 Å². The first-order valence-corrected chi connectivity index (χ1v) is 10.4. The number of likely N-dealkylation sites (tertiary alicyclic amines) is 1. The molecule has 5 nitrogen and oxygen atoms in total. The van der Waals surface area contributed by atoms with Crippen LogP contribution in [0, 0.1) is 11.8 Å². The van der Waals surface area contributed by atoms with Crippen LogP contribution in [0.5, 0.6) is 0 Å². The van der Waals surface area contributed by atoms with Gasteiger partial charge < -0.3 is 10.2 Å². The SMILES string of the molecule is O=C(C1CCC(Nc2ncccn2)CC1)N1[C@H](C(F)(F)F)C[C@@H]2CCCC[C@@H]21. The van der Waals surface area contributed by atoms with Crippen molar-refractivity contribution in [3.8, 4) is 0 Å². The first-order chi connectivity index (χ1) is 13.4. The van der Waals surface area contributed by atoms with Crippen LogP contribution in [0.2, 0.25) is 0 Å². The molecule has 3 fully saturated rings. The number of carbonyl (C=O) groups excluding carboxylic acids is 1. The van der Waals surface area contributed by atoms with Crippen LogP contribution in [0.15, 0.2) is 18.5 Å². The predicted octanol–water partition coefficient (Wildman–Crippen LogP) is 4.17. The number of halogens is 3. The number of carbonyl (C=O) groups is 1. The summed E-state index contributed by atoms with van der Waals surface area (Å²) in [7, 11) is 0. The Morgan fingerprint density at radius 3 is 2.39 bits per heavy atom. The molecule has 0 radical (unpaired) electrons. The molecule has 0 bridgehead atoms. The Bertz CT molecular complexity index is 676. The minimum Gasteiger partial charge on any atom is -0.351 e. The average molecular weight is 396 g/mol. The van der Waals surface area contributed by atoms with Crippen LogP contribution >= 0.6 is 0 Å². The van der Waals surface area contributed by atoms with Crippen molar-refractivity contribution in [3.63, 3.8) is 0 Å². The molecule has 2 saturated carbocycles. The van der Waals surface area contributed by atoms with Gasteiger partial charge in [0.25, 0.3) is 0 Å². The van der Waals surface area contributed by atoms with E-state index < -0.39 is 12.2 Å². The number of anilines is 1. The fourth-order valence-electron chi connectivity index (χ4n) is 5.32. The first kappa shape index (κ1) is 19.5. The Hall–Kier alpha value is -1.86. The summed E-state index contributed by atoms with van der Waals surface area (Å²) in [4.78, 5) is 22.7. The van der Waals surface area contributed by atoms with E-state index in [9.17, 15) is 18.0 Å². The van der Waals surface area contributed by atoms with E-state index in [0.717, 1.165) is 32.1 Å². The van der Waals surface area contributed by atoms with Gasteiger partial charge in [-0.25, -0.2) is 9.97 Å². The number of rotatable bonds is 3. The zero-order chi connectivity index (χ0) is 19.7. The Morgan fingerprint density at radius 1 is 1.04 bits per heavy atom. The van der Waals surface area contributed by atoms with Gasteiger partial charge in [0.1, 0.15) is 6.04 Å². The van der Waals surface area contributed by atoms with Gasteiger partial charge in [0.05, 0.1) is 0 Å². The van der Waals surface area contributed by atoms with Crippen LogP contribution in [-0.2, 0) is 4.79 Å². The normalized spacial score (nSPS) is 33.4. The third kappa shape index (κ3) is 3.96. The lowest BCUT2D eigenvalue weighted by atomic mass is 9.83. The second kappa shape index (κ2) is 7.87. The van der Waals surface area contributed by atoms with Crippen molar-refractivity contribution in [3.05, 3.63) is 18.5 Å². The van der Waals surface area contributed by atoms with Crippen LogP contribution in [0.4, 0.5) is 19.1 Å². The largest absolute Gasteiger partial charge is 0.408 e. The number of nitrogens with zero attached hydrogens (tertiary/aromatic N) is 3. The topological polar surface area (TPSA) is 58.1 Å². The number of aromatic nitrogens is 2. The molecule has 28 heavy (non-hydrogen) atoms. The summed E-state index contributed by atoms with van der Waals surface area (Å²) in [6.45, 7) is 0. The molecule has 2 aliphatic carbocycles. The molecule has 154 valence electrons. The lowest BCUT2D eigenvalue weighted by Crippen LogP contribution is -2.51. The first-order valence-electron chi connectivity index (χ1n) is 10.4. The van der Waals surface area contributed by atoms with E-state index in [1.807, 2.05) is 0 Å². The van der Waals surface area contributed by atoms with Crippen molar-refractivity contribution in [1.82, 2.24) is 14.9 Å². The van der Waals surface area contributed by atoms with Gasteiger partial charge in [0, 0.05) is 30.4 Å². The van der Waals surface area contributed by atoms with Gasteiger partial charge >= 0.3 is 6.18 Å². The smallest absolute Gasteiger partial charge is 0.351 e. The second-order valence-corrected chi connectivity index (χ2v) is 8.42. The summed E-state index contributed by atoms with van der Waals surface area (Å²) in [5.41, 5.74) is 0. The highest BCUT2D eigenvalue weighted by atomic mass is 19.4. The van der Waals surface area contributed by atoms with E-state index in [1.165, 1.54) is 4.90 Å². The van der Waals surface area contributed by atoms with Crippen molar-refractivity contribution in [1.29, 1.82) is 0 Å². The molecular weight excluding hydrogens is 369 g/mol. The molecule has 0 unspecified atom stereocenters. The highest BCUT2D eigenvalue weighted by Crippen LogP contribution is 2.46. The second-order valence-electron chi connectivity index (χ2n) is 8.42. The molecule has 2 heterocycles. The number of nitrogens with one attached hydrogen (secondary N) is 1. The fourth-order valence-corrected chi connectivity index (χ4v) is 5.32. The van der Waals surface area contributed by atoms with Crippen LogP contribution in [-0.4, -0.2) is 45.1 Å². The molecule has 3 aliphatic rings. The van der Waals surface area contributed by atoms with Crippen molar-refractivity contribution >= 4 is 11.9 Å². The molecule has 1 aromatic rings. The molecule has 0 spiro atoms. The Morgan fingerprint density at radius 2 is 1.71 bits per heavy atom. The molecule has 8 heteroatoms. The highest BCUT2D eigenvalue weighted by Gasteiger charge is 2.56. The molecule has 1 saturated heterocycles. The van der Waals surface area contributed by atoms with E-state index in [0.29, 0.717) is 25.2 Å². The molecule has 4 rings (SSSR count). The molecule has 3 atom stereocenters. The van der Waals surface area contributed by atoms with E-state index in [-0.39, 0.29) is 36.2 Å². The summed E-state index contributed by atoms with van der Waals surface area (Å²) in [6, 6.07) is 0.0841. The molecular formula is C20H27F3N4O. The van der Waals surface area contributed by atoms with Gasteiger partial charge in [-0.05, 0) is 56.9 Å². The van der Waals surface area contributed by atoms with Crippen molar-refractivity contribution in [2.24, 2.45) is 11.8 Å². The quantitative estimate of drug-likeness (QED) is 0.833. The molecule has 1 amide bonds. The summed E-state index contributed by atoms with van der Waals surface area (Å²) in [5, 5.41) is 3.26.